The highest BCUT2D eigenvalue weighted by Crippen LogP contribution is 2.38. The molecule has 1 amide bonds. The van der Waals surface area contributed by atoms with Gasteiger partial charge in [-0.3, -0.25) is 9.78 Å². The third-order valence-electron chi connectivity index (χ3n) is 5.96. The van der Waals surface area contributed by atoms with Gasteiger partial charge in [-0.2, -0.15) is 5.26 Å². The van der Waals surface area contributed by atoms with E-state index in [1.54, 1.807) is 30.5 Å². The molecule has 3 unspecified atom stereocenters. The summed E-state index contributed by atoms with van der Waals surface area (Å²) in [5.74, 6) is 0.346. The second-order valence-electron chi connectivity index (χ2n) is 8.16. The summed E-state index contributed by atoms with van der Waals surface area (Å²) < 4.78 is 6.12. The SMILES string of the molecule is Cc1ccc(C(=O)N2CC(c3ccc(Cl)c(Cl)c3)C(C(C)Oc3ccc(C#N)cn3)C2)cn1. The number of carbonyl (C=O) groups excluding carboxylic acids is 1. The maximum Gasteiger partial charge on any atom is 0.255 e. The van der Waals surface area contributed by atoms with Crippen LogP contribution in [0.25, 0.3) is 0 Å². The molecular weight excluding hydrogens is 459 g/mol. The Hall–Kier alpha value is -3.14. The number of benzene rings is 1. The minimum atomic E-state index is -0.251. The Morgan fingerprint density at radius 1 is 1.12 bits per heavy atom. The number of rotatable bonds is 5. The fraction of sp³-hybridized carbons (Fsp3) is 0.280. The molecule has 0 bridgehead atoms. The molecule has 3 aromatic rings. The monoisotopic (exact) mass is 480 g/mol. The molecule has 33 heavy (non-hydrogen) atoms. The van der Waals surface area contributed by atoms with Gasteiger partial charge in [0.15, 0.2) is 0 Å². The first-order valence-corrected chi connectivity index (χ1v) is 11.3. The van der Waals surface area contributed by atoms with Crippen molar-refractivity contribution < 1.29 is 9.53 Å². The third kappa shape index (κ3) is 5.11. The minimum Gasteiger partial charge on any atom is -0.474 e. The van der Waals surface area contributed by atoms with E-state index in [0.29, 0.717) is 40.1 Å². The van der Waals surface area contributed by atoms with Gasteiger partial charge in [0.1, 0.15) is 12.2 Å². The molecule has 0 N–H and O–H groups in total. The van der Waals surface area contributed by atoms with Crippen molar-refractivity contribution in [1.82, 2.24) is 14.9 Å². The van der Waals surface area contributed by atoms with Gasteiger partial charge in [-0.05, 0) is 49.7 Å². The number of ether oxygens (including phenoxy) is 1. The predicted octanol–water partition coefficient (Wildman–Crippen LogP) is 5.29. The summed E-state index contributed by atoms with van der Waals surface area (Å²) in [5.41, 5.74) is 2.87. The first kappa shape index (κ1) is 23.0. The van der Waals surface area contributed by atoms with Gasteiger partial charge in [-0.1, -0.05) is 29.3 Å². The Kier molecular flexibility index (Phi) is 6.83. The zero-order valence-corrected chi connectivity index (χ0v) is 19.7. The Balaban J connectivity index is 1.60. The molecule has 3 heterocycles. The first-order valence-electron chi connectivity index (χ1n) is 10.6. The number of hydrogen-bond acceptors (Lipinski definition) is 5. The lowest BCUT2D eigenvalue weighted by atomic mass is 9.86. The van der Waals surface area contributed by atoms with E-state index in [4.69, 9.17) is 33.2 Å². The van der Waals surface area contributed by atoms with Crippen LogP contribution in [-0.2, 0) is 0 Å². The molecular formula is C25H22Cl2N4O2. The molecule has 1 aromatic carbocycles. The first-order chi connectivity index (χ1) is 15.9. The second kappa shape index (κ2) is 9.78. The zero-order chi connectivity index (χ0) is 23.5. The summed E-state index contributed by atoms with van der Waals surface area (Å²) in [4.78, 5) is 23.5. The maximum atomic E-state index is 13.2. The van der Waals surface area contributed by atoms with Crippen molar-refractivity contribution in [1.29, 1.82) is 5.26 Å². The molecule has 1 aliphatic heterocycles. The number of hydrogen-bond donors (Lipinski definition) is 0. The highest BCUT2D eigenvalue weighted by atomic mass is 35.5. The van der Waals surface area contributed by atoms with Crippen molar-refractivity contribution in [2.45, 2.75) is 25.9 Å². The van der Waals surface area contributed by atoms with Crippen LogP contribution in [0, 0.1) is 24.2 Å². The quantitative estimate of drug-likeness (QED) is 0.495. The average molecular weight is 481 g/mol. The molecule has 0 saturated carbocycles. The number of pyridine rings is 2. The number of carbonyl (C=O) groups is 1. The van der Waals surface area contributed by atoms with E-state index in [1.807, 2.05) is 43.0 Å². The molecule has 1 fully saturated rings. The van der Waals surface area contributed by atoms with E-state index in [-0.39, 0.29) is 23.8 Å². The van der Waals surface area contributed by atoms with Crippen molar-refractivity contribution in [2.75, 3.05) is 13.1 Å². The Labute approximate surface area is 202 Å². The molecule has 0 aliphatic carbocycles. The highest BCUT2D eigenvalue weighted by Gasteiger charge is 2.40. The van der Waals surface area contributed by atoms with Crippen LogP contribution in [0.4, 0.5) is 0 Å². The van der Waals surface area contributed by atoms with Crippen LogP contribution in [0.5, 0.6) is 5.88 Å². The van der Waals surface area contributed by atoms with Gasteiger partial charge in [-0.15, -0.1) is 0 Å². The molecule has 8 heteroatoms. The summed E-state index contributed by atoms with van der Waals surface area (Å²) in [5, 5.41) is 9.94. The summed E-state index contributed by atoms with van der Waals surface area (Å²) in [6, 6.07) is 14.6. The summed E-state index contributed by atoms with van der Waals surface area (Å²) in [6.07, 6.45) is 2.84. The third-order valence-corrected chi connectivity index (χ3v) is 6.70. The van der Waals surface area contributed by atoms with Gasteiger partial charge in [0, 0.05) is 49.1 Å². The molecule has 168 valence electrons. The average Bonchev–Trinajstić information content (AvgIpc) is 3.27. The zero-order valence-electron chi connectivity index (χ0n) is 18.2. The molecule has 4 rings (SSSR count). The van der Waals surface area contributed by atoms with Gasteiger partial charge >= 0.3 is 0 Å². The normalized spacial score (nSPS) is 18.6. The maximum absolute atomic E-state index is 13.2. The van der Waals surface area contributed by atoms with Gasteiger partial charge in [0.05, 0.1) is 21.2 Å². The van der Waals surface area contributed by atoms with Crippen LogP contribution < -0.4 is 4.74 Å². The smallest absolute Gasteiger partial charge is 0.255 e. The van der Waals surface area contributed by atoms with E-state index in [2.05, 4.69) is 9.97 Å². The fourth-order valence-corrected chi connectivity index (χ4v) is 4.44. The van der Waals surface area contributed by atoms with Crippen LogP contribution in [0.1, 0.15) is 40.0 Å². The topological polar surface area (TPSA) is 79.1 Å². The Morgan fingerprint density at radius 2 is 1.94 bits per heavy atom. The number of amides is 1. The molecule has 2 aromatic heterocycles. The molecule has 6 nitrogen and oxygen atoms in total. The number of halogens is 2. The van der Waals surface area contributed by atoms with Gasteiger partial charge in [0.25, 0.3) is 5.91 Å². The Bertz CT molecular complexity index is 1190. The van der Waals surface area contributed by atoms with E-state index in [9.17, 15) is 4.79 Å². The fourth-order valence-electron chi connectivity index (χ4n) is 4.14. The van der Waals surface area contributed by atoms with Gasteiger partial charge in [-0.25, -0.2) is 4.98 Å². The number of aromatic nitrogens is 2. The van der Waals surface area contributed by atoms with Crippen molar-refractivity contribution in [2.24, 2.45) is 5.92 Å². The van der Waals surface area contributed by atoms with Crippen LogP contribution in [0.2, 0.25) is 10.0 Å². The number of likely N-dealkylation sites (tertiary alicyclic amines) is 1. The van der Waals surface area contributed by atoms with Crippen molar-refractivity contribution in [3.63, 3.8) is 0 Å². The van der Waals surface area contributed by atoms with Crippen molar-refractivity contribution >= 4 is 29.1 Å². The van der Waals surface area contributed by atoms with Gasteiger partial charge < -0.3 is 9.64 Å². The highest BCUT2D eigenvalue weighted by molar-refractivity contribution is 6.42. The van der Waals surface area contributed by atoms with Crippen molar-refractivity contribution in [3.8, 4) is 11.9 Å². The Morgan fingerprint density at radius 3 is 2.58 bits per heavy atom. The predicted molar refractivity (Wildman–Crippen MR) is 127 cm³/mol. The van der Waals surface area contributed by atoms with E-state index < -0.39 is 0 Å². The lowest BCUT2D eigenvalue weighted by Gasteiger charge is -2.25. The van der Waals surface area contributed by atoms with E-state index >= 15 is 0 Å². The van der Waals surface area contributed by atoms with Crippen molar-refractivity contribution in [3.05, 3.63) is 87.3 Å². The lowest BCUT2D eigenvalue weighted by molar-refractivity contribution is 0.0769. The van der Waals surface area contributed by atoms with E-state index in [1.165, 1.54) is 6.20 Å². The summed E-state index contributed by atoms with van der Waals surface area (Å²) in [7, 11) is 0. The number of nitrogens with zero attached hydrogens (tertiary/aromatic N) is 4. The molecule has 3 atom stereocenters. The minimum absolute atomic E-state index is 0.00416. The van der Waals surface area contributed by atoms with Crippen LogP contribution >= 0.6 is 23.2 Å². The second-order valence-corrected chi connectivity index (χ2v) is 8.98. The number of aryl methyl sites for hydroxylation is 1. The molecule has 1 saturated heterocycles. The van der Waals surface area contributed by atoms with Gasteiger partial charge in [0.2, 0.25) is 5.88 Å². The largest absolute Gasteiger partial charge is 0.474 e. The van der Waals surface area contributed by atoms with Crippen LogP contribution in [-0.4, -0.2) is 40.0 Å². The molecule has 0 spiro atoms. The molecule has 0 radical (unpaired) electrons. The summed E-state index contributed by atoms with van der Waals surface area (Å²) in [6.45, 7) is 4.88. The summed E-state index contributed by atoms with van der Waals surface area (Å²) >= 11 is 12.4. The van der Waals surface area contributed by atoms with Crippen LogP contribution in [0.15, 0.2) is 54.9 Å². The van der Waals surface area contributed by atoms with Crippen LogP contribution in [0.3, 0.4) is 0 Å². The van der Waals surface area contributed by atoms with E-state index in [0.717, 1.165) is 11.3 Å². The number of nitriles is 1. The lowest BCUT2D eigenvalue weighted by Crippen LogP contribution is -2.32. The standard InChI is InChI=1S/C25H22Cl2N4O2/c1-15-3-5-19(12-29-15)25(32)31-13-20(16(2)33-24-8-4-17(10-28)11-30-24)21(14-31)18-6-7-22(26)23(27)9-18/h3-9,11-12,16,20-21H,13-14H2,1-2H3. The molecule has 1 aliphatic rings.